The SMILES string of the molecule is CC(C)(C)OC(=O)C1CCCN1C(=O)c1ccc(C(=O)O)cc1. The number of likely N-dealkylation sites (tertiary alicyclic amines) is 1. The normalized spacial score (nSPS) is 17.9. The summed E-state index contributed by atoms with van der Waals surface area (Å²) < 4.78 is 5.38. The molecule has 0 spiro atoms. The molecule has 1 unspecified atom stereocenters. The van der Waals surface area contributed by atoms with Crippen molar-refractivity contribution >= 4 is 17.8 Å². The van der Waals surface area contributed by atoms with E-state index in [0.717, 1.165) is 6.42 Å². The molecule has 0 aliphatic carbocycles. The van der Waals surface area contributed by atoms with E-state index in [4.69, 9.17) is 9.84 Å². The zero-order valence-electron chi connectivity index (χ0n) is 13.5. The number of carbonyl (C=O) groups excluding carboxylic acids is 2. The van der Waals surface area contributed by atoms with Crippen LogP contribution >= 0.6 is 0 Å². The van der Waals surface area contributed by atoms with Crippen molar-refractivity contribution in [2.45, 2.75) is 45.3 Å². The smallest absolute Gasteiger partial charge is 0.335 e. The molecular formula is C17H21NO5. The number of rotatable bonds is 3. The standard InChI is InChI=1S/C17H21NO5/c1-17(2,3)23-16(22)13-5-4-10-18(13)14(19)11-6-8-12(9-7-11)15(20)21/h6-9,13H,4-5,10H2,1-3H3,(H,20,21). The van der Waals surface area contributed by atoms with Crippen LogP contribution in [0.3, 0.4) is 0 Å². The van der Waals surface area contributed by atoms with Gasteiger partial charge in [-0.05, 0) is 57.9 Å². The monoisotopic (exact) mass is 319 g/mol. The van der Waals surface area contributed by atoms with E-state index in [9.17, 15) is 14.4 Å². The third kappa shape index (κ3) is 4.09. The highest BCUT2D eigenvalue weighted by Crippen LogP contribution is 2.23. The minimum absolute atomic E-state index is 0.117. The molecule has 0 radical (unpaired) electrons. The highest BCUT2D eigenvalue weighted by atomic mass is 16.6. The largest absolute Gasteiger partial charge is 0.478 e. The van der Waals surface area contributed by atoms with E-state index >= 15 is 0 Å². The lowest BCUT2D eigenvalue weighted by Crippen LogP contribution is -2.43. The van der Waals surface area contributed by atoms with Crippen LogP contribution in [0.25, 0.3) is 0 Å². The molecule has 1 aliphatic rings. The lowest BCUT2D eigenvalue weighted by atomic mass is 10.1. The molecule has 6 nitrogen and oxygen atoms in total. The van der Waals surface area contributed by atoms with Crippen molar-refractivity contribution in [2.75, 3.05) is 6.54 Å². The number of nitrogens with zero attached hydrogens (tertiary/aromatic N) is 1. The molecule has 1 saturated heterocycles. The summed E-state index contributed by atoms with van der Waals surface area (Å²) in [5, 5.41) is 8.89. The predicted molar refractivity (Wildman–Crippen MR) is 83.3 cm³/mol. The summed E-state index contributed by atoms with van der Waals surface area (Å²) in [7, 11) is 0. The van der Waals surface area contributed by atoms with E-state index in [1.807, 2.05) is 0 Å². The molecule has 23 heavy (non-hydrogen) atoms. The maximum Gasteiger partial charge on any atom is 0.335 e. The van der Waals surface area contributed by atoms with E-state index in [-0.39, 0.29) is 11.5 Å². The second kappa shape index (κ2) is 6.40. The number of carboxylic acid groups (broad SMARTS) is 1. The summed E-state index contributed by atoms with van der Waals surface area (Å²) in [6.07, 6.45) is 1.32. The Morgan fingerprint density at radius 3 is 2.22 bits per heavy atom. The van der Waals surface area contributed by atoms with Crippen molar-refractivity contribution in [3.8, 4) is 0 Å². The van der Waals surface area contributed by atoms with Gasteiger partial charge < -0.3 is 14.7 Å². The predicted octanol–water partition coefficient (Wildman–Crippen LogP) is 2.33. The number of carboxylic acids is 1. The summed E-state index contributed by atoms with van der Waals surface area (Å²) in [4.78, 5) is 37.2. The van der Waals surface area contributed by atoms with E-state index in [1.165, 1.54) is 29.2 Å². The van der Waals surface area contributed by atoms with Gasteiger partial charge in [0.25, 0.3) is 5.91 Å². The van der Waals surface area contributed by atoms with Crippen LogP contribution in [-0.4, -0.2) is 46.0 Å². The van der Waals surface area contributed by atoms with Gasteiger partial charge in [0.2, 0.25) is 0 Å². The highest BCUT2D eigenvalue weighted by Gasteiger charge is 2.37. The molecule has 0 bridgehead atoms. The number of amides is 1. The van der Waals surface area contributed by atoms with Crippen LogP contribution in [0.2, 0.25) is 0 Å². The van der Waals surface area contributed by atoms with Gasteiger partial charge >= 0.3 is 11.9 Å². The average Bonchev–Trinajstić information content (AvgIpc) is 2.94. The molecule has 1 aromatic carbocycles. The van der Waals surface area contributed by atoms with Crippen LogP contribution in [0.1, 0.15) is 54.3 Å². The number of esters is 1. The van der Waals surface area contributed by atoms with Gasteiger partial charge in [-0.25, -0.2) is 9.59 Å². The van der Waals surface area contributed by atoms with Gasteiger partial charge in [0, 0.05) is 12.1 Å². The third-order valence-corrected chi connectivity index (χ3v) is 3.57. The molecule has 1 N–H and O–H groups in total. The lowest BCUT2D eigenvalue weighted by Gasteiger charge is -2.27. The first kappa shape index (κ1) is 17.0. The minimum Gasteiger partial charge on any atom is -0.478 e. The Hall–Kier alpha value is -2.37. The van der Waals surface area contributed by atoms with Gasteiger partial charge in [0.15, 0.2) is 0 Å². The summed E-state index contributed by atoms with van der Waals surface area (Å²) in [5.74, 6) is -1.72. The van der Waals surface area contributed by atoms with Crippen LogP contribution in [0, 0.1) is 0 Å². The number of hydrogen-bond donors (Lipinski definition) is 1. The molecule has 124 valence electrons. The molecule has 1 aromatic rings. The van der Waals surface area contributed by atoms with E-state index in [2.05, 4.69) is 0 Å². The van der Waals surface area contributed by atoms with Crippen molar-refractivity contribution in [3.63, 3.8) is 0 Å². The Balaban J connectivity index is 2.14. The maximum atomic E-state index is 12.6. The first-order valence-corrected chi connectivity index (χ1v) is 7.56. The van der Waals surface area contributed by atoms with Crippen LogP contribution < -0.4 is 0 Å². The van der Waals surface area contributed by atoms with Gasteiger partial charge in [0.1, 0.15) is 11.6 Å². The fraction of sp³-hybridized carbons (Fsp3) is 0.471. The summed E-state index contributed by atoms with van der Waals surface area (Å²) >= 11 is 0. The van der Waals surface area contributed by atoms with Gasteiger partial charge in [-0.3, -0.25) is 4.79 Å². The molecule has 0 aromatic heterocycles. The highest BCUT2D eigenvalue weighted by molar-refractivity contribution is 5.98. The molecule has 1 atom stereocenters. The van der Waals surface area contributed by atoms with Crippen molar-refractivity contribution in [2.24, 2.45) is 0 Å². The first-order valence-electron chi connectivity index (χ1n) is 7.56. The van der Waals surface area contributed by atoms with Gasteiger partial charge in [-0.1, -0.05) is 0 Å². The van der Waals surface area contributed by atoms with Gasteiger partial charge in [-0.2, -0.15) is 0 Å². The van der Waals surface area contributed by atoms with Crippen LogP contribution in [0.4, 0.5) is 0 Å². The van der Waals surface area contributed by atoms with E-state index in [1.54, 1.807) is 20.8 Å². The molecular weight excluding hydrogens is 298 g/mol. The van der Waals surface area contributed by atoms with Crippen molar-refractivity contribution < 1.29 is 24.2 Å². The maximum absolute atomic E-state index is 12.6. The summed E-state index contributed by atoms with van der Waals surface area (Å²) in [5.41, 5.74) is -0.116. The topological polar surface area (TPSA) is 83.9 Å². The number of aromatic carboxylic acids is 1. The molecule has 2 rings (SSSR count). The third-order valence-electron chi connectivity index (χ3n) is 3.57. The van der Waals surface area contributed by atoms with Crippen molar-refractivity contribution in [1.29, 1.82) is 0 Å². The molecule has 0 saturated carbocycles. The van der Waals surface area contributed by atoms with Crippen molar-refractivity contribution in [1.82, 2.24) is 4.90 Å². The quantitative estimate of drug-likeness (QED) is 0.864. The minimum atomic E-state index is -1.04. The Morgan fingerprint density at radius 1 is 1.13 bits per heavy atom. The Kier molecular flexibility index (Phi) is 4.73. The number of benzene rings is 1. The second-order valence-electron chi connectivity index (χ2n) is 6.57. The number of ether oxygens (including phenoxy) is 1. The molecule has 1 heterocycles. The second-order valence-corrected chi connectivity index (χ2v) is 6.57. The Morgan fingerprint density at radius 2 is 1.70 bits per heavy atom. The fourth-order valence-corrected chi connectivity index (χ4v) is 2.55. The number of carbonyl (C=O) groups is 3. The summed E-state index contributed by atoms with van der Waals surface area (Å²) in [6, 6.07) is 5.12. The zero-order valence-corrected chi connectivity index (χ0v) is 13.5. The van der Waals surface area contributed by atoms with E-state index in [0.29, 0.717) is 18.5 Å². The van der Waals surface area contributed by atoms with E-state index < -0.39 is 23.6 Å². The van der Waals surface area contributed by atoms with Crippen LogP contribution in [-0.2, 0) is 9.53 Å². The summed E-state index contributed by atoms with van der Waals surface area (Å²) in [6.45, 7) is 5.85. The molecule has 6 heteroatoms. The van der Waals surface area contributed by atoms with Gasteiger partial charge in [0.05, 0.1) is 5.56 Å². The van der Waals surface area contributed by atoms with Crippen molar-refractivity contribution in [3.05, 3.63) is 35.4 Å². The fourth-order valence-electron chi connectivity index (χ4n) is 2.55. The Bertz CT molecular complexity index is 615. The average molecular weight is 319 g/mol. The molecule has 1 aliphatic heterocycles. The molecule has 1 amide bonds. The molecule has 1 fully saturated rings. The van der Waals surface area contributed by atoms with Gasteiger partial charge in [-0.15, -0.1) is 0 Å². The first-order chi connectivity index (χ1) is 10.7. The number of hydrogen-bond acceptors (Lipinski definition) is 4. The zero-order chi connectivity index (χ0) is 17.2. The van der Waals surface area contributed by atoms with Crippen LogP contribution in [0.5, 0.6) is 0 Å². The lowest BCUT2D eigenvalue weighted by molar-refractivity contribution is -0.159. The Labute approximate surface area is 135 Å². The van der Waals surface area contributed by atoms with Crippen LogP contribution in [0.15, 0.2) is 24.3 Å².